The predicted octanol–water partition coefficient (Wildman–Crippen LogP) is 1.82. The van der Waals surface area contributed by atoms with Gasteiger partial charge in [0.15, 0.2) is 0 Å². The second kappa shape index (κ2) is 6.34. The number of carboxylic acids is 1. The predicted molar refractivity (Wildman–Crippen MR) is 73.8 cm³/mol. The van der Waals surface area contributed by atoms with Gasteiger partial charge < -0.3 is 10.0 Å². The van der Waals surface area contributed by atoms with Crippen LogP contribution in [0.3, 0.4) is 0 Å². The van der Waals surface area contributed by atoms with Crippen molar-refractivity contribution in [1.29, 1.82) is 0 Å². The van der Waals surface area contributed by atoms with Gasteiger partial charge in [-0.1, -0.05) is 6.08 Å². The van der Waals surface area contributed by atoms with Gasteiger partial charge in [-0.25, -0.2) is 0 Å². The molecular weight excluding hydrogens is 228 g/mol. The monoisotopic (exact) mass is 254 g/mol. The lowest BCUT2D eigenvalue weighted by Gasteiger charge is -2.41. The van der Waals surface area contributed by atoms with E-state index in [9.17, 15) is 4.79 Å². The van der Waals surface area contributed by atoms with Crippen molar-refractivity contribution in [2.75, 3.05) is 26.7 Å². The summed E-state index contributed by atoms with van der Waals surface area (Å²) in [6.07, 6.45) is 3.96. The summed E-state index contributed by atoms with van der Waals surface area (Å²) in [6.45, 7) is 11.1. The van der Waals surface area contributed by atoms with Crippen LogP contribution in [-0.2, 0) is 4.79 Å². The van der Waals surface area contributed by atoms with Crippen LogP contribution >= 0.6 is 0 Å². The van der Waals surface area contributed by atoms with Gasteiger partial charge in [0, 0.05) is 31.1 Å². The number of aliphatic carboxylic acids is 1. The van der Waals surface area contributed by atoms with Gasteiger partial charge in [-0.3, -0.25) is 9.69 Å². The van der Waals surface area contributed by atoms with E-state index in [4.69, 9.17) is 5.11 Å². The molecule has 1 aliphatic heterocycles. The Morgan fingerprint density at radius 3 is 2.78 bits per heavy atom. The van der Waals surface area contributed by atoms with Crippen molar-refractivity contribution in [3.8, 4) is 0 Å². The first-order valence-corrected chi connectivity index (χ1v) is 6.65. The summed E-state index contributed by atoms with van der Waals surface area (Å²) in [4.78, 5) is 15.5. The van der Waals surface area contributed by atoms with Crippen LogP contribution in [0.1, 0.15) is 33.1 Å². The van der Waals surface area contributed by atoms with Crippen LogP contribution in [0.4, 0.5) is 0 Å². The highest BCUT2D eigenvalue weighted by Crippen LogP contribution is 2.27. The van der Waals surface area contributed by atoms with E-state index in [0.717, 1.165) is 26.1 Å². The summed E-state index contributed by atoms with van der Waals surface area (Å²) in [5.41, 5.74) is 0.0993. The zero-order valence-electron chi connectivity index (χ0n) is 11.9. The summed E-state index contributed by atoms with van der Waals surface area (Å²) in [7, 11) is 2.11. The normalized spacial score (nSPS) is 25.6. The Balaban J connectivity index is 2.83. The van der Waals surface area contributed by atoms with Gasteiger partial charge in [0.25, 0.3) is 0 Å². The molecule has 18 heavy (non-hydrogen) atoms. The summed E-state index contributed by atoms with van der Waals surface area (Å²) in [5.74, 6) is -0.710. The van der Waals surface area contributed by atoms with Crippen LogP contribution in [0.25, 0.3) is 0 Å². The summed E-state index contributed by atoms with van der Waals surface area (Å²) in [5, 5.41) is 8.87. The highest BCUT2D eigenvalue weighted by atomic mass is 16.4. The molecule has 0 aromatic carbocycles. The Bertz CT molecular complexity index is 302. The lowest BCUT2D eigenvalue weighted by molar-refractivity contribution is -0.137. The maximum Gasteiger partial charge on any atom is 0.303 e. The molecule has 0 bridgehead atoms. The molecule has 1 aliphatic rings. The number of nitrogens with zero attached hydrogens (tertiary/aromatic N) is 2. The van der Waals surface area contributed by atoms with E-state index in [2.05, 4.69) is 37.3 Å². The molecule has 0 radical (unpaired) electrons. The average molecular weight is 254 g/mol. The van der Waals surface area contributed by atoms with Gasteiger partial charge in [-0.15, -0.1) is 6.58 Å². The first-order chi connectivity index (χ1) is 8.36. The van der Waals surface area contributed by atoms with Crippen LogP contribution in [0.15, 0.2) is 12.7 Å². The van der Waals surface area contributed by atoms with Gasteiger partial charge in [-0.05, 0) is 40.3 Å². The average Bonchev–Trinajstić information content (AvgIpc) is 2.38. The van der Waals surface area contributed by atoms with E-state index in [1.54, 1.807) is 0 Å². The minimum atomic E-state index is -0.710. The quantitative estimate of drug-likeness (QED) is 0.760. The third-order valence-electron chi connectivity index (χ3n) is 3.86. The zero-order chi connectivity index (χ0) is 13.8. The molecule has 0 aromatic heterocycles. The van der Waals surface area contributed by atoms with Crippen LogP contribution in [0.5, 0.6) is 0 Å². The molecule has 104 valence electrons. The molecule has 1 N–H and O–H groups in total. The minimum absolute atomic E-state index is 0.0993. The van der Waals surface area contributed by atoms with Gasteiger partial charge in [0.05, 0.1) is 0 Å². The van der Waals surface area contributed by atoms with Gasteiger partial charge >= 0.3 is 5.97 Å². The first kappa shape index (κ1) is 15.2. The Morgan fingerprint density at radius 2 is 2.22 bits per heavy atom. The highest BCUT2D eigenvalue weighted by Gasteiger charge is 2.35. The second-order valence-corrected chi connectivity index (χ2v) is 5.85. The van der Waals surface area contributed by atoms with Crippen molar-refractivity contribution in [3.63, 3.8) is 0 Å². The molecule has 0 saturated carbocycles. The fourth-order valence-electron chi connectivity index (χ4n) is 2.72. The molecule has 0 aliphatic carbocycles. The van der Waals surface area contributed by atoms with Crippen LogP contribution in [0, 0.1) is 0 Å². The third-order valence-corrected chi connectivity index (χ3v) is 3.86. The summed E-state index contributed by atoms with van der Waals surface area (Å²) < 4.78 is 0. The summed E-state index contributed by atoms with van der Waals surface area (Å²) >= 11 is 0. The molecule has 1 unspecified atom stereocenters. The fourth-order valence-corrected chi connectivity index (χ4v) is 2.72. The Hall–Kier alpha value is -0.870. The molecule has 4 nitrogen and oxygen atoms in total. The van der Waals surface area contributed by atoms with E-state index in [-0.39, 0.29) is 12.0 Å². The Labute approximate surface area is 110 Å². The molecule has 1 rings (SSSR count). The Morgan fingerprint density at radius 1 is 1.56 bits per heavy atom. The number of likely N-dealkylation sites (N-methyl/N-ethyl adjacent to an activating group) is 1. The smallest absolute Gasteiger partial charge is 0.303 e. The lowest BCUT2D eigenvalue weighted by atomic mass is 9.95. The number of hydrogen-bond donors (Lipinski definition) is 1. The van der Waals surface area contributed by atoms with Crippen molar-refractivity contribution < 1.29 is 9.90 Å². The van der Waals surface area contributed by atoms with Crippen LogP contribution in [-0.4, -0.2) is 59.1 Å². The van der Waals surface area contributed by atoms with E-state index in [1.807, 2.05) is 6.08 Å². The van der Waals surface area contributed by atoms with E-state index in [0.29, 0.717) is 12.5 Å². The topological polar surface area (TPSA) is 43.8 Å². The van der Waals surface area contributed by atoms with E-state index < -0.39 is 5.97 Å². The molecule has 1 heterocycles. The molecule has 0 aromatic rings. The van der Waals surface area contributed by atoms with Crippen molar-refractivity contribution in [1.82, 2.24) is 9.80 Å². The van der Waals surface area contributed by atoms with Crippen molar-refractivity contribution in [2.45, 2.75) is 44.7 Å². The molecule has 0 amide bonds. The number of hydrogen-bond acceptors (Lipinski definition) is 3. The Kier molecular flexibility index (Phi) is 5.35. The molecule has 1 atom stereocenters. The molecule has 1 saturated heterocycles. The number of carbonyl (C=O) groups is 1. The fraction of sp³-hybridized carbons (Fsp3) is 0.786. The first-order valence-electron chi connectivity index (χ1n) is 6.65. The standard InChI is InChI=1S/C14H26N2O2/c1-5-9-16-12(6-7-13(17)18)11-15(4)10-8-14(16,2)3/h5,12H,1,6-11H2,2-4H3,(H,17,18). The van der Waals surface area contributed by atoms with Crippen molar-refractivity contribution >= 4 is 5.97 Å². The maximum absolute atomic E-state index is 10.8. The summed E-state index contributed by atoms with van der Waals surface area (Å²) in [6, 6.07) is 0.293. The van der Waals surface area contributed by atoms with Gasteiger partial charge in [-0.2, -0.15) is 0 Å². The largest absolute Gasteiger partial charge is 0.481 e. The van der Waals surface area contributed by atoms with Crippen LogP contribution in [0.2, 0.25) is 0 Å². The van der Waals surface area contributed by atoms with Gasteiger partial charge in [0.2, 0.25) is 0 Å². The molecular formula is C14H26N2O2. The number of rotatable bonds is 5. The number of carboxylic acid groups (broad SMARTS) is 1. The second-order valence-electron chi connectivity index (χ2n) is 5.85. The van der Waals surface area contributed by atoms with Crippen molar-refractivity contribution in [3.05, 3.63) is 12.7 Å². The van der Waals surface area contributed by atoms with Crippen LogP contribution < -0.4 is 0 Å². The van der Waals surface area contributed by atoms with E-state index in [1.165, 1.54) is 0 Å². The molecule has 4 heteroatoms. The minimum Gasteiger partial charge on any atom is -0.481 e. The van der Waals surface area contributed by atoms with Crippen molar-refractivity contribution in [2.24, 2.45) is 0 Å². The molecule has 1 fully saturated rings. The SMILES string of the molecule is C=CCN1C(CCC(=O)O)CN(C)CCC1(C)C. The van der Waals surface area contributed by atoms with Gasteiger partial charge in [0.1, 0.15) is 0 Å². The molecule has 0 spiro atoms. The lowest BCUT2D eigenvalue weighted by Crippen LogP contribution is -2.50. The highest BCUT2D eigenvalue weighted by molar-refractivity contribution is 5.66. The van der Waals surface area contributed by atoms with E-state index >= 15 is 0 Å². The zero-order valence-corrected chi connectivity index (χ0v) is 11.9. The maximum atomic E-state index is 10.8. The third kappa shape index (κ3) is 4.10.